The molecule has 0 heterocycles. The molecule has 3 heteroatoms. The highest BCUT2D eigenvalue weighted by atomic mass is 27.0. The Labute approximate surface area is 65.0 Å². The van der Waals surface area contributed by atoms with Crippen LogP contribution >= 0.6 is 0 Å². The van der Waals surface area contributed by atoms with Crippen molar-refractivity contribution in [3.63, 3.8) is 0 Å². The van der Waals surface area contributed by atoms with E-state index in [1.165, 1.54) is 6.08 Å². The summed E-state index contributed by atoms with van der Waals surface area (Å²) in [5, 5.41) is 8.02. The van der Waals surface area contributed by atoms with Gasteiger partial charge in [0, 0.05) is 6.08 Å². The van der Waals surface area contributed by atoms with Gasteiger partial charge in [-0.3, -0.25) is 0 Å². The third-order valence-corrected chi connectivity index (χ3v) is 0.542. The van der Waals surface area contributed by atoms with E-state index in [1.807, 2.05) is 6.92 Å². The molecule has 0 aromatic rings. The molecule has 0 bridgehead atoms. The van der Waals surface area contributed by atoms with E-state index in [9.17, 15) is 4.79 Å². The van der Waals surface area contributed by atoms with Crippen molar-refractivity contribution in [3.8, 4) is 0 Å². The van der Waals surface area contributed by atoms with Gasteiger partial charge in [0.15, 0.2) is 17.4 Å². The zero-order valence-electron chi connectivity index (χ0n) is 4.66. The van der Waals surface area contributed by atoms with Crippen molar-refractivity contribution < 1.29 is 9.90 Å². The Bertz CT molecular complexity index is 127. The molecule has 0 aromatic carbocycles. The van der Waals surface area contributed by atoms with Crippen LogP contribution in [0.2, 0.25) is 0 Å². The lowest BCUT2D eigenvalue weighted by molar-refractivity contribution is -0.131. The molecule has 0 amide bonds. The SMILES string of the molecule is CC=CC=CC(=O)O.[AlH3]. The molecule has 0 unspecified atom stereocenters. The summed E-state index contributed by atoms with van der Waals surface area (Å²) in [6.07, 6.45) is 5.98. The maximum Gasteiger partial charge on any atom is 0.328 e. The standard InChI is InChI=1S/C6H8O2.Al.3H/c1-2-3-4-5-6(7)8;;;;/h2-5H,1H3,(H,7,8);;;;. The Kier molecular flexibility index (Phi) is 9.40. The summed E-state index contributed by atoms with van der Waals surface area (Å²) in [6.45, 7) is 1.83. The highest BCUT2D eigenvalue weighted by molar-refractivity contribution is 5.80. The molecule has 0 rings (SSSR count). The number of allylic oxidation sites excluding steroid dienone is 3. The monoisotopic (exact) mass is 142 g/mol. The normalized spacial score (nSPS) is 9.89. The first-order valence-electron chi connectivity index (χ1n) is 2.29. The van der Waals surface area contributed by atoms with Crippen molar-refractivity contribution >= 4 is 23.3 Å². The molecule has 1 N–H and O–H groups in total. The fraction of sp³-hybridized carbons (Fsp3) is 0.167. The molecule has 0 aliphatic carbocycles. The third kappa shape index (κ3) is 11.2. The second-order valence-electron chi connectivity index (χ2n) is 1.22. The van der Waals surface area contributed by atoms with Gasteiger partial charge in [-0.1, -0.05) is 18.2 Å². The van der Waals surface area contributed by atoms with E-state index in [0.29, 0.717) is 0 Å². The van der Waals surface area contributed by atoms with Crippen LogP contribution < -0.4 is 0 Å². The smallest absolute Gasteiger partial charge is 0.328 e. The van der Waals surface area contributed by atoms with Crippen molar-refractivity contribution in [2.45, 2.75) is 6.92 Å². The highest BCUT2D eigenvalue weighted by Crippen LogP contribution is 1.74. The van der Waals surface area contributed by atoms with Gasteiger partial charge in [-0.25, -0.2) is 4.79 Å². The lowest BCUT2D eigenvalue weighted by Gasteiger charge is -1.72. The minimum Gasteiger partial charge on any atom is -0.478 e. The van der Waals surface area contributed by atoms with Crippen LogP contribution in [-0.4, -0.2) is 28.4 Å². The van der Waals surface area contributed by atoms with E-state index in [1.54, 1.807) is 12.2 Å². The molecule has 0 aliphatic rings. The van der Waals surface area contributed by atoms with Crippen LogP contribution in [0.25, 0.3) is 0 Å². The van der Waals surface area contributed by atoms with Crippen LogP contribution in [0.4, 0.5) is 0 Å². The van der Waals surface area contributed by atoms with Crippen molar-refractivity contribution in [2.24, 2.45) is 0 Å². The van der Waals surface area contributed by atoms with Crippen molar-refractivity contribution in [1.82, 2.24) is 0 Å². The number of hydrogen-bond acceptors (Lipinski definition) is 1. The summed E-state index contributed by atoms with van der Waals surface area (Å²) in [5.41, 5.74) is 0. The Balaban J connectivity index is 0. The van der Waals surface area contributed by atoms with Crippen LogP contribution in [0.1, 0.15) is 6.92 Å². The van der Waals surface area contributed by atoms with Crippen LogP contribution in [0.15, 0.2) is 24.3 Å². The molecule has 50 valence electrons. The zero-order chi connectivity index (χ0) is 6.41. The van der Waals surface area contributed by atoms with Gasteiger partial charge in [-0.15, -0.1) is 0 Å². The van der Waals surface area contributed by atoms with Crippen LogP contribution in [0.3, 0.4) is 0 Å². The lowest BCUT2D eigenvalue weighted by atomic mass is 10.4. The van der Waals surface area contributed by atoms with Gasteiger partial charge in [-0.05, 0) is 6.92 Å². The predicted molar refractivity (Wildman–Crippen MR) is 41.5 cm³/mol. The van der Waals surface area contributed by atoms with Crippen molar-refractivity contribution in [3.05, 3.63) is 24.3 Å². The zero-order valence-corrected chi connectivity index (χ0v) is 4.66. The number of aliphatic carboxylic acids is 1. The molecule has 0 atom stereocenters. The molecule has 9 heavy (non-hydrogen) atoms. The Morgan fingerprint density at radius 3 is 2.33 bits per heavy atom. The second kappa shape index (κ2) is 7.48. The number of carboxylic acids is 1. The molecular weight excluding hydrogens is 131 g/mol. The van der Waals surface area contributed by atoms with Crippen molar-refractivity contribution in [2.75, 3.05) is 0 Å². The first kappa shape index (κ1) is 11.3. The predicted octanol–water partition coefficient (Wildman–Crippen LogP) is 0.0194. The van der Waals surface area contributed by atoms with Crippen LogP contribution in [0, 0.1) is 0 Å². The van der Waals surface area contributed by atoms with Gasteiger partial charge >= 0.3 is 5.97 Å². The van der Waals surface area contributed by atoms with Gasteiger partial charge in [0.1, 0.15) is 0 Å². The van der Waals surface area contributed by atoms with E-state index in [-0.39, 0.29) is 17.4 Å². The van der Waals surface area contributed by atoms with E-state index < -0.39 is 5.97 Å². The largest absolute Gasteiger partial charge is 0.478 e. The Hall–Kier alpha value is -0.518. The lowest BCUT2D eigenvalue weighted by Crippen LogP contribution is -1.83. The fourth-order valence-corrected chi connectivity index (χ4v) is 0.249. The average Bonchev–Trinajstić information content (AvgIpc) is 1.66. The summed E-state index contributed by atoms with van der Waals surface area (Å²) in [4.78, 5) is 9.75. The van der Waals surface area contributed by atoms with E-state index in [0.717, 1.165) is 6.08 Å². The van der Waals surface area contributed by atoms with E-state index in [2.05, 4.69) is 0 Å². The minimum atomic E-state index is -0.914. The first-order valence-corrected chi connectivity index (χ1v) is 2.29. The highest BCUT2D eigenvalue weighted by Gasteiger charge is 1.78. The van der Waals surface area contributed by atoms with Crippen LogP contribution in [-0.2, 0) is 4.79 Å². The number of carboxylic acid groups (broad SMARTS) is 1. The maximum absolute atomic E-state index is 9.75. The summed E-state index contributed by atoms with van der Waals surface area (Å²) >= 11 is 0. The molecule has 0 radical (unpaired) electrons. The maximum atomic E-state index is 9.75. The Morgan fingerprint density at radius 2 is 2.00 bits per heavy atom. The quantitative estimate of drug-likeness (QED) is 0.335. The van der Waals surface area contributed by atoms with Crippen LogP contribution in [0.5, 0.6) is 0 Å². The molecule has 0 spiro atoms. The number of hydrogen-bond donors (Lipinski definition) is 1. The summed E-state index contributed by atoms with van der Waals surface area (Å²) in [7, 11) is 0. The first-order chi connectivity index (χ1) is 3.77. The third-order valence-electron chi connectivity index (χ3n) is 0.542. The molecule has 0 aliphatic heterocycles. The summed E-state index contributed by atoms with van der Waals surface area (Å²) in [6, 6.07) is 0. The van der Waals surface area contributed by atoms with Gasteiger partial charge in [0.2, 0.25) is 0 Å². The topological polar surface area (TPSA) is 37.3 Å². The van der Waals surface area contributed by atoms with Crippen molar-refractivity contribution in [1.29, 1.82) is 0 Å². The molecule has 0 saturated carbocycles. The summed E-state index contributed by atoms with van der Waals surface area (Å²) in [5.74, 6) is -0.914. The van der Waals surface area contributed by atoms with E-state index >= 15 is 0 Å². The number of rotatable bonds is 2. The summed E-state index contributed by atoms with van der Waals surface area (Å²) < 4.78 is 0. The minimum absolute atomic E-state index is 0. The molecular formula is C6H11AlO2. The van der Waals surface area contributed by atoms with Gasteiger partial charge in [0.25, 0.3) is 0 Å². The average molecular weight is 142 g/mol. The Morgan fingerprint density at radius 1 is 1.44 bits per heavy atom. The number of carbonyl (C=O) groups is 1. The second-order valence-corrected chi connectivity index (χ2v) is 1.22. The van der Waals surface area contributed by atoms with Gasteiger partial charge in [-0.2, -0.15) is 0 Å². The fourth-order valence-electron chi connectivity index (χ4n) is 0.249. The molecule has 0 saturated heterocycles. The molecule has 2 nitrogen and oxygen atoms in total. The molecule has 0 fully saturated rings. The van der Waals surface area contributed by atoms with Gasteiger partial charge in [0.05, 0.1) is 0 Å². The van der Waals surface area contributed by atoms with E-state index in [4.69, 9.17) is 5.11 Å². The van der Waals surface area contributed by atoms with Gasteiger partial charge < -0.3 is 5.11 Å². The molecule has 0 aromatic heterocycles.